The minimum absolute atomic E-state index is 0.0566. The summed E-state index contributed by atoms with van der Waals surface area (Å²) in [4.78, 5) is 71.4. The zero-order valence-corrected chi connectivity index (χ0v) is 26.0. The number of fused-ring (bicyclic) bond motifs is 4. The summed E-state index contributed by atoms with van der Waals surface area (Å²) in [5, 5.41) is 0.418. The van der Waals surface area contributed by atoms with Gasteiger partial charge in [-0.25, -0.2) is 14.5 Å². The normalized spacial score (nSPS) is 25.1. The second-order valence-corrected chi connectivity index (χ2v) is 12.9. The molecule has 2 amide bonds. The van der Waals surface area contributed by atoms with Crippen LogP contribution in [0, 0.1) is 11.8 Å². The number of rotatable bonds is 4. The lowest BCUT2D eigenvalue weighted by molar-refractivity contribution is -0.160. The second-order valence-electron chi connectivity index (χ2n) is 12.5. The fourth-order valence-electron chi connectivity index (χ4n) is 7.11. The number of ketones is 2. The van der Waals surface area contributed by atoms with Gasteiger partial charge in [-0.2, -0.15) is 0 Å². The lowest BCUT2D eigenvalue weighted by Gasteiger charge is -2.51. The lowest BCUT2D eigenvalue weighted by atomic mass is 9.51. The fourth-order valence-corrected chi connectivity index (χ4v) is 7.24. The molecule has 1 spiro atoms. The van der Waals surface area contributed by atoms with Gasteiger partial charge in [0.25, 0.3) is 0 Å². The van der Waals surface area contributed by atoms with Crippen molar-refractivity contribution in [3.63, 3.8) is 0 Å². The van der Waals surface area contributed by atoms with E-state index in [4.69, 9.17) is 25.8 Å². The molecule has 1 saturated carbocycles. The highest BCUT2D eigenvalue weighted by molar-refractivity contribution is 6.35. The number of esters is 1. The zero-order valence-electron chi connectivity index (χ0n) is 25.2. The number of anilines is 1. The third kappa shape index (κ3) is 4.90. The predicted octanol–water partition coefficient (Wildman–Crippen LogP) is 6.06. The summed E-state index contributed by atoms with van der Waals surface area (Å²) in [6.45, 7) is 6.60. The third-order valence-corrected chi connectivity index (χ3v) is 8.98. The molecule has 2 aliphatic heterocycles. The Morgan fingerprint density at radius 1 is 0.978 bits per heavy atom. The van der Waals surface area contributed by atoms with E-state index in [1.807, 2.05) is 0 Å². The van der Waals surface area contributed by atoms with E-state index in [0.29, 0.717) is 21.7 Å². The smallest absolute Gasteiger partial charge is 0.421 e. The van der Waals surface area contributed by atoms with Crippen molar-refractivity contribution in [2.75, 3.05) is 11.5 Å². The molecule has 10 heteroatoms. The van der Waals surface area contributed by atoms with Gasteiger partial charge in [0.2, 0.25) is 11.7 Å². The topological polar surface area (TPSA) is 116 Å². The van der Waals surface area contributed by atoms with Crippen LogP contribution in [0.2, 0.25) is 5.02 Å². The summed E-state index contributed by atoms with van der Waals surface area (Å²) in [7, 11) is 0. The van der Waals surface area contributed by atoms with Gasteiger partial charge in [-0.05, 0) is 75.6 Å². The molecular weight excluding hydrogens is 598 g/mol. The van der Waals surface area contributed by atoms with Gasteiger partial charge in [0.15, 0.2) is 5.78 Å². The van der Waals surface area contributed by atoms with Crippen LogP contribution in [0.5, 0.6) is 5.75 Å². The number of imide groups is 1. The Balaban J connectivity index is 1.64. The Hall–Kier alpha value is -4.50. The summed E-state index contributed by atoms with van der Waals surface area (Å²) in [5.41, 5.74) is -1.04. The first-order valence-corrected chi connectivity index (χ1v) is 15.2. The number of hydrogen-bond acceptors (Lipinski definition) is 8. The van der Waals surface area contributed by atoms with Crippen molar-refractivity contribution in [2.45, 2.75) is 57.2 Å². The Morgan fingerprint density at radius 3 is 2.33 bits per heavy atom. The maximum atomic E-state index is 15.0. The third-order valence-electron chi connectivity index (χ3n) is 8.73. The number of benzene rings is 3. The molecule has 2 heterocycles. The highest BCUT2D eigenvalue weighted by atomic mass is 35.5. The van der Waals surface area contributed by atoms with E-state index in [1.165, 1.54) is 0 Å². The fraction of sp³-hybridized carbons (Fsp3) is 0.343. The zero-order chi connectivity index (χ0) is 32.3. The first-order valence-electron chi connectivity index (χ1n) is 14.8. The van der Waals surface area contributed by atoms with Crippen LogP contribution in [0.1, 0.15) is 61.5 Å². The van der Waals surface area contributed by atoms with Crippen molar-refractivity contribution in [3.05, 3.63) is 94.5 Å². The van der Waals surface area contributed by atoms with Crippen LogP contribution < -0.4 is 9.64 Å². The first kappa shape index (κ1) is 30.5. The van der Waals surface area contributed by atoms with Crippen LogP contribution in [0.15, 0.2) is 72.8 Å². The molecule has 5 atom stereocenters. The number of ether oxygens (including phenoxy) is 3. The number of Topliss-reactive ketones (excluding diaryl/α,β-unsaturated/α-hetero) is 2. The van der Waals surface area contributed by atoms with E-state index in [2.05, 4.69) is 0 Å². The van der Waals surface area contributed by atoms with Gasteiger partial charge in [-0.1, -0.05) is 54.1 Å². The Bertz CT molecular complexity index is 1730. The van der Waals surface area contributed by atoms with E-state index < -0.39 is 58.6 Å². The first-order chi connectivity index (χ1) is 21.4. The van der Waals surface area contributed by atoms with Gasteiger partial charge < -0.3 is 14.2 Å². The molecule has 6 rings (SSSR count). The summed E-state index contributed by atoms with van der Waals surface area (Å²) < 4.78 is 17.3. The number of halogens is 1. The van der Waals surface area contributed by atoms with E-state index in [1.54, 1.807) is 100 Å². The standard InChI is InChI=1S/C35H32ClNO8/c1-5-43-31(40)29(39)26-27(19-14-16-20(36)17-15-19)35(18-22-28(38)21-10-6-9-13-25(21)44-30(22)26)23-11-7-8-12-24(23)37(32(35)41)33(42)45-34(2,3)4/h6-17,22,26-27,30H,5,18H2,1-4H3/t22-,26+,27-,30-,35-/m0/s1. The van der Waals surface area contributed by atoms with Crippen LogP contribution in [-0.2, 0) is 29.3 Å². The van der Waals surface area contributed by atoms with Crippen LogP contribution in [-0.4, -0.2) is 47.8 Å². The molecule has 3 aromatic rings. The minimum atomic E-state index is -1.65. The minimum Gasteiger partial charge on any atom is -0.488 e. The summed E-state index contributed by atoms with van der Waals surface area (Å²) in [6.07, 6.45) is -2.09. The quantitative estimate of drug-likeness (QED) is 0.253. The predicted molar refractivity (Wildman–Crippen MR) is 164 cm³/mol. The van der Waals surface area contributed by atoms with Crippen LogP contribution in [0.3, 0.4) is 0 Å². The van der Waals surface area contributed by atoms with Crippen molar-refractivity contribution >= 4 is 46.8 Å². The molecule has 0 aromatic heterocycles. The Kier molecular flexibility index (Phi) is 7.56. The lowest BCUT2D eigenvalue weighted by Crippen LogP contribution is -2.62. The largest absolute Gasteiger partial charge is 0.488 e. The van der Waals surface area contributed by atoms with Gasteiger partial charge >= 0.3 is 12.1 Å². The van der Waals surface area contributed by atoms with E-state index in [-0.39, 0.29) is 30.2 Å². The van der Waals surface area contributed by atoms with Crippen LogP contribution in [0.4, 0.5) is 10.5 Å². The maximum absolute atomic E-state index is 15.0. The van der Waals surface area contributed by atoms with Gasteiger partial charge in [0.1, 0.15) is 17.5 Å². The molecule has 3 aromatic carbocycles. The van der Waals surface area contributed by atoms with Crippen molar-refractivity contribution < 1.29 is 38.2 Å². The molecule has 0 bridgehead atoms. The summed E-state index contributed by atoms with van der Waals surface area (Å²) in [5.74, 6) is -6.16. The van der Waals surface area contributed by atoms with Gasteiger partial charge in [-0.3, -0.25) is 14.4 Å². The van der Waals surface area contributed by atoms with Crippen molar-refractivity contribution in [3.8, 4) is 5.75 Å². The molecule has 0 unspecified atom stereocenters. The number of nitrogens with zero attached hydrogens (tertiary/aromatic N) is 1. The monoisotopic (exact) mass is 629 g/mol. The molecular formula is C35H32ClNO8. The van der Waals surface area contributed by atoms with E-state index >= 15 is 4.79 Å². The molecule has 9 nitrogen and oxygen atoms in total. The van der Waals surface area contributed by atoms with Gasteiger partial charge in [0, 0.05) is 10.9 Å². The summed E-state index contributed by atoms with van der Waals surface area (Å²) >= 11 is 6.27. The second kappa shape index (κ2) is 11.1. The van der Waals surface area contributed by atoms with Crippen LogP contribution >= 0.6 is 11.6 Å². The highest BCUT2D eigenvalue weighted by Gasteiger charge is 2.68. The SMILES string of the molecule is CCOC(=O)C(=O)[C@@H]1[C@H]2Oc3ccccc3C(=O)[C@@H]2C[C@@]2(C(=O)N(C(=O)OC(C)(C)C)c3ccccc32)[C@H]1c1ccc(Cl)cc1. The average Bonchev–Trinajstić information content (AvgIpc) is 3.24. The van der Waals surface area contributed by atoms with E-state index in [9.17, 15) is 19.2 Å². The van der Waals surface area contributed by atoms with E-state index in [0.717, 1.165) is 4.90 Å². The van der Waals surface area contributed by atoms with Crippen molar-refractivity contribution in [1.82, 2.24) is 0 Å². The Labute approximate surface area is 265 Å². The number of hydrogen-bond donors (Lipinski definition) is 0. The molecule has 1 fully saturated rings. The number of amides is 2. The van der Waals surface area contributed by atoms with Crippen molar-refractivity contribution in [2.24, 2.45) is 11.8 Å². The number of carbonyl (C=O) groups is 5. The molecule has 0 N–H and O–H groups in total. The van der Waals surface area contributed by atoms with Crippen LogP contribution in [0.25, 0.3) is 0 Å². The highest BCUT2D eigenvalue weighted by Crippen LogP contribution is 2.61. The van der Waals surface area contributed by atoms with Gasteiger partial charge in [0.05, 0.1) is 35.1 Å². The maximum Gasteiger partial charge on any atom is 0.421 e. The van der Waals surface area contributed by atoms with Gasteiger partial charge in [-0.15, -0.1) is 0 Å². The molecule has 45 heavy (non-hydrogen) atoms. The molecule has 0 saturated heterocycles. The molecule has 0 radical (unpaired) electrons. The summed E-state index contributed by atoms with van der Waals surface area (Å²) in [6, 6.07) is 20.1. The molecule has 1 aliphatic carbocycles. The Morgan fingerprint density at radius 2 is 1.64 bits per heavy atom. The van der Waals surface area contributed by atoms with Crippen molar-refractivity contribution in [1.29, 1.82) is 0 Å². The molecule has 3 aliphatic rings. The number of para-hydroxylation sites is 2. The molecule has 232 valence electrons. The average molecular weight is 630 g/mol. The number of carbonyl (C=O) groups excluding carboxylic acids is 5.